The lowest BCUT2D eigenvalue weighted by Crippen LogP contribution is -2.37. The molecule has 0 radical (unpaired) electrons. The van der Waals surface area contributed by atoms with E-state index in [-0.39, 0.29) is 5.82 Å². The summed E-state index contributed by atoms with van der Waals surface area (Å²) in [6.45, 7) is 0.695. The molecule has 18 heavy (non-hydrogen) atoms. The molecule has 1 aromatic rings. The lowest BCUT2D eigenvalue weighted by Gasteiger charge is -2.27. The average Bonchev–Trinajstić information content (AvgIpc) is 2.38. The first-order chi connectivity index (χ1) is 8.69. The van der Waals surface area contributed by atoms with Crippen LogP contribution in [0.4, 0.5) is 4.39 Å². The molecule has 1 aliphatic carbocycles. The van der Waals surface area contributed by atoms with Gasteiger partial charge in [-0.15, -0.1) is 0 Å². The SMILES string of the molecule is COc1ccc(CNC2CCC(N)CC2)cc1F. The van der Waals surface area contributed by atoms with E-state index >= 15 is 0 Å². The Hall–Kier alpha value is -1.13. The van der Waals surface area contributed by atoms with Crippen LogP contribution in [0.3, 0.4) is 0 Å². The first kappa shape index (κ1) is 13.3. The number of halogens is 1. The van der Waals surface area contributed by atoms with Gasteiger partial charge in [-0.05, 0) is 43.4 Å². The highest BCUT2D eigenvalue weighted by Gasteiger charge is 2.17. The maximum Gasteiger partial charge on any atom is 0.165 e. The Morgan fingerprint density at radius 2 is 2.06 bits per heavy atom. The molecular formula is C14H21FN2O. The van der Waals surface area contributed by atoms with Gasteiger partial charge in [-0.25, -0.2) is 4.39 Å². The molecule has 0 atom stereocenters. The largest absolute Gasteiger partial charge is 0.494 e. The normalized spacial score (nSPS) is 23.9. The van der Waals surface area contributed by atoms with Gasteiger partial charge in [-0.1, -0.05) is 6.07 Å². The summed E-state index contributed by atoms with van der Waals surface area (Å²) < 4.78 is 18.4. The molecule has 0 aliphatic heterocycles. The summed E-state index contributed by atoms with van der Waals surface area (Å²) in [5, 5.41) is 3.46. The van der Waals surface area contributed by atoms with Gasteiger partial charge in [0.1, 0.15) is 0 Å². The second-order valence-corrected chi connectivity index (χ2v) is 4.96. The van der Waals surface area contributed by atoms with Crippen molar-refractivity contribution in [1.29, 1.82) is 0 Å². The van der Waals surface area contributed by atoms with E-state index in [1.54, 1.807) is 6.07 Å². The number of rotatable bonds is 4. The van der Waals surface area contributed by atoms with Crippen molar-refractivity contribution >= 4 is 0 Å². The molecule has 1 saturated carbocycles. The van der Waals surface area contributed by atoms with E-state index in [0.29, 0.717) is 24.4 Å². The van der Waals surface area contributed by atoms with E-state index in [9.17, 15) is 4.39 Å². The van der Waals surface area contributed by atoms with Crippen molar-refractivity contribution in [1.82, 2.24) is 5.32 Å². The summed E-state index contributed by atoms with van der Waals surface area (Å²) >= 11 is 0. The van der Waals surface area contributed by atoms with Crippen molar-refractivity contribution in [2.75, 3.05) is 7.11 Å². The van der Waals surface area contributed by atoms with E-state index in [2.05, 4.69) is 5.32 Å². The van der Waals surface area contributed by atoms with E-state index < -0.39 is 0 Å². The molecule has 0 aromatic heterocycles. The number of benzene rings is 1. The topological polar surface area (TPSA) is 47.3 Å². The zero-order chi connectivity index (χ0) is 13.0. The van der Waals surface area contributed by atoms with Crippen LogP contribution in [0.1, 0.15) is 31.2 Å². The maximum absolute atomic E-state index is 13.5. The van der Waals surface area contributed by atoms with Crippen LogP contribution < -0.4 is 15.8 Å². The van der Waals surface area contributed by atoms with Gasteiger partial charge in [0.05, 0.1) is 7.11 Å². The Labute approximate surface area is 108 Å². The third kappa shape index (κ3) is 3.43. The summed E-state index contributed by atoms with van der Waals surface area (Å²) in [5.74, 6) is -0.00939. The highest BCUT2D eigenvalue weighted by molar-refractivity contribution is 5.29. The van der Waals surface area contributed by atoms with E-state index in [4.69, 9.17) is 10.5 Å². The van der Waals surface area contributed by atoms with Crippen molar-refractivity contribution in [2.24, 2.45) is 5.73 Å². The minimum Gasteiger partial charge on any atom is -0.494 e. The Bertz CT molecular complexity index is 389. The molecule has 3 N–H and O–H groups in total. The maximum atomic E-state index is 13.5. The molecule has 1 aliphatic rings. The Balaban J connectivity index is 1.84. The van der Waals surface area contributed by atoms with Gasteiger partial charge in [0.15, 0.2) is 11.6 Å². The van der Waals surface area contributed by atoms with Crippen LogP contribution in [0.5, 0.6) is 5.75 Å². The highest BCUT2D eigenvalue weighted by Crippen LogP contribution is 2.19. The molecule has 1 aromatic carbocycles. The molecule has 0 amide bonds. The predicted octanol–water partition coefficient (Wildman–Crippen LogP) is 2.19. The number of nitrogens with two attached hydrogens (primary N) is 1. The van der Waals surface area contributed by atoms with Crippen molar-refractivity contribution < 1.29 is 9.13 Å². The van der Waals surface area contributed by atoms with E-state index in [1.807, 2.05) is 6.07 Å². The standard InChI is InChI=1S/C14H21FN2O/c1-18-14-7-2-10(8-13(14)15)9-17-12-5-3-11(16)4-6-12/h2,7-8,11-12,17H,3-6,9,16H2,1H3. The van der Waals surface area contributed by atoms with Crippen LogP contribution in [0, 0.1) is 5.82 Å². The van der Waals surface area contributed by atoms with Gasteiger partial charge in [-0.3, -0.25) is 0 Å². The number of ether oxygens (including phenoxy) is 1. The molecule has 4 heteroatoms. The lowest BCUT2D eigenvalue weighted by atomic mass is 9.92. The van der Waals surface area contributed by atoms with Gasteiger partial charge < -0.3 is 15.8 Å². The third-order valence-electron chi connectivity index (χ3n) is 3.58. The summed E-state index contributed by atoms with van der Waals surface area (Å²) in [4.78, 5) is 0. The molecule has 0 heterocycles. The fourth-order valence-corrected chi connectivity index (χ4v) is 2.41. The minimum absolute atomic E-state index is 0.294. The molecular weight excluding hydrogens is 231 g/mol. The second-order valence-electron chi connectivity index (χ2n) is 4.96. The first-order valence-electron chi connectivity index (χ1n) is 6.50. The molecule has 3 nitrogen and oxygen atoms in total. The van der Waals surface area contributed by atoms with Crippen LogP contribution in [0.25, 0.3) is 0 Å². The molecule has 1 fully saturated rings. The number of hydrogen-bond donors (Lipinski definition) is 2. The number of hydrogen-bond acceptors (Lipinski definition) is 3. The molecule has 0 bridgehead atoms. The van der Waals surface area contributed by atoms with Crippen LogP contribution >= 0.6 is 0 Å². The van der Waals surface area contributed by atoms with Crippen molar-refractivity contribution in [3.8, 4) is 5.75 Å². The van der Waals surface area contributed by atoms with Crippen LogP contribution in [-0.4, -0.2) is 19.2 Å². The smallest absolute Gasteiger partial charge is 0.165 e. The van der Waals surface area contributed by atoms with Crippen LogP contribution in [-0.2, 0) is 6.54 Å². The van der Waals surface area contributed by atoms with Crippen molar-refractivity contribution in [2.45, 2.75) is 44.3 Å². The minimum atomic E-state index is -0.303. The Kier molecular flexibility index (Phi) is 4.55. The molecule has 0 unspecified atom stereocenters. The van der Waals surface area contributed by atoms with Crippen molar-refractivity contribution in [3.05, 3.63) is 29.6 Å². The second kappa shape index (κ2) is 6.16. The summed E-state index contributed by atoms with van der Waals surface area (Å²) in [7, 11) is 1.47. The highest BCUT2D eigenvalue weighted by atomic mass is 19.1. The monoisotopic (exact) mass is 252 g/mol. The first-order valence-corrected chi connectivity index (χ1v) is 6.50. The predicted molar refractivity (Wildman–Crippen MR) is 70.0 cm³/mol. The van der Waals surface area contributed by atoms with Gasteiger partial charge >= 0.3 is 0 Å². The van der Waals surface area contributed by atoms with Gasteiger partial charge in [0, 0.05) is 18.6 Å². The third-order valence-corrected chi connectivity index (χ3v) is 3.58. The van der Waals surface area contributed by atoms with Gasteiger partial charge in [0.2, 0.25) is 0 Å². The van der Waals surface area contributed by atoms with Crippen LogP contribution in [0.2, 0.25) is 0 Å². The summed E-state index contributed by atoms with van der Waals surface area (Å²) in [5.41, 5.74) is 6.81. The fourth-order valence-electron chi connectivity index (χ4n) is 2.41. The average molecular weight is 252 g/mol. The zero-order valence-corrected chi connectivity index (χ0v) is 10.8. The quantitative estimate of drug-likeness (QED) is 0.863. The van der Waals surface area contributed by atoms with Gasteiger partial charge in [-0.2, -0.15) is 0 Å². The van der Waals surface area contributed by atoms with E-state index in [0.717, 1.165) is 31.2 Å². The fraction of sp³-hybridized carbons (Fsp3) is 0.571. The Morgan fingerprint density at radius 3 is 2.67 bits per heavy atom. The summed E-state index contributed by atoms with van der Waals surface area (Å²) in [6, 6.07) is 5.96. The summed E-state index contributed by atoms with van der Waals surface area (Å²) in [6.07, 6.45) is 4.38. The number of methoxy groups -OCH3 is 1. The molecule has 2 rings (SSSR count). The Morgan fingerprint density at radius 1 is 1.33 bits per heavy atom. The van der Waals surface area contributed by atoms with Crippen LogP contribution in [0.15, 0.2) is 18.2 Å². The molecule has 100 valence electrons. The zero-order valence-electron chi connectivity index (χ0n) is 10.8. The number of nitrogens with one attached hydrogen (secondary N) is 1. The van der Waals surface area contributed by atoms with Gasteiger partial charge in [0.25, 0.3) is 0 Å². The van der Waals surface area contributed by atoms with E-state index in [1.165, 1.54) is 13.2 Å². The molecule has 0 saturated heterocycles. The lowest BCUT2D eigenvalue weighted by molar-refractivity contribution is 0.341. The molecule has 0 spiro atoms. The van der Waals surface area contributed by atoms with Crippen molar-refractivity contribution in [3.63, 3.8) is 0 Å².